The maximum atomic E-state index is 10.5. The van der Waals surface area contributed by atoms with Crippen LogP contribution < -0.4 is 5.32 Å². The predicted molar refractivity (Wildman–Crippen MR) is 59.2 cm³/mol. The Kier molecular flexibility index (Phi) is 4.68. The Bertz CT molecular complexity index is 356. The van der Waals surface area contributed by atoms with Crippen LogP contribution in [0.2, 0.25) is 0 Å². The van der Waals surface area contributed by atoms with E-state index in [0.717, 1.165) is 0 Å². The second-order valence-electron chi connectivity index (χ2n) is 3.10. The molecule has 1 unspecified atom stereocenters. The number of hydrogen-bond donors (Lipinski definition) is 2. The average Bonchev–Trinajstić information content (AvgIpc) is 2.27. The van der Waals surface area contributed by atoms with Crippen molar-refractivity contribution < 1.29 is 14.8 Å². The Morgan fingerprint density at radius 2 is 2.38 bits per heavy atom. The van der Waals surface area contributed by atoms with Crippen molar-refractivity contribution in [3.63, 3.8) is 0 Å². The number of nitro groups is 1. The van der Waals surface area contributed by atoms with E-state index in [1.54, 1.807) is 19.1 Å². The summed E-state index contributed by atoms with van der Waals surface area (Å²) in [4.78, 5) is 10.0. The summed E-state index contributed by atoms with van der Waals surface area (Å²) in [6.07, 6.45) is -0.913. The first kappa shape index (κ1) is 12.4. The summed E-state index contributed by atoms with van der Waals surface area (Å²) in [7, 11) is 0. The minimum atomic E-state index is -0.913. The van der Waals surface area contributed by atoms with E-state index in [2.05, 4.69) is 5.32 Å². The SMILES string of the molecule is CCOC(O)CNc1cccc([N+](=O)[O-])c1. The molecule has 0 aliphatic carbocycles. The molecule has 16 heavy (non-hydrogen) atoms. The summed E-state index contributed by atoms with van der Waals surface area (Å²) in [5, 5.41) is 22.6. The first-order chi connectivity index (χ1) is 7.63. The lowest BCUT2D eigenvalue weighted by Crippen LogP contribution is -2.22. The van der Waals surface area contributed by atoms with Gasteiger partial charge in [0.2, 0.25) is 0 Å². The summed E-state index contributed by atoms with van der Waals surface area (Å²) in [6.45, 7) is 2.38. The molecule has 0 aliphatic heterocycles. The first-order valence-corrected chi connectivity index (χ1v) is 4.91. The van der Waals surface area contributed by atoms with Crippen molar-refractivity contribution in [2.24, 2.45) is 0 Å². The third-order valence-corrected chi connectivity index (χ3v) is 1.90. The van der Waals surface area contributed by atoms with Gasteiger partial charge in [0.05, 0.1) is 11.5 Å². The van der Waals surface area contributed by atoms with Crippen molar-refractivity contribution in [3.8, 4) is 0 Å². The molecule has 0 aromatic heterocycles. The van der Waals surface area contributed by atoms with E-state index in [0.29, 0.717) is 12.3 Å². The molecule has 0 amide bonds. The molecular formula is C10H14N2O4. The van der Waals surface area contributed by atoms with Crippen LogP contribution in [0.1, 0.15) is 6.92 Å². The summed E-state index contributed by atoms with van der Waals surface area (Å²) in [5.41, 5.74) is 0.587. The zero-order valence-corrected chi connectivity index (χ0v) is 8.92. The molecule has 1 aromatic rings. The average molecular weight is 226 g/mol. The number of non-ortho nitro benzene ring substituents is 1. The Hall–Kier alpha value is -1.66. The largest absolute Gasteiger partial charge is 0.380 e. The minimum Gasteiger partial charge on any atom is -0.380 e. The molecule has 2 N–H and O–H groups in total. The Labute approximate surface area is 93.0 Å². The highest BCUT2D eigenvalue weighted by molar-refractivity contribution is 5.50. The number of rotatable bonds is 6. The number of nitrogens with one attached hydrogen (secondary N) is 1. The van der Waals surface area contributed by atoms with E-state index in [9.17, 15) is 15.2 Å². The molecule has 0 radical (unpaired) electrons. The second-order valence-corrected chi connectivity index (χ2v) is 3.10. The smallest absolute Gasteiger partial charge is 0.271 e. The van der Waals surface area contributed by atoms with Crippen LogP contribution in [0.3, 0.4) is 0 Å². The monoisotopic (exact) mass is 226 g/mol. The number of nitrogens with zero attached hydrogens (tertiary/aromatic N) is 1. The predicted octanol–water partition coefficient (Wildman–Crippen LogP) is 1.36. The highest BCUT2D eigenvalue weighted by Gasteiger charge is 2.06. The van der Waals surface area contributed by atoms with Crippen molar-refractivity contribution >= 4 is 11.4 Å². The fraction of sp³-hybridized carbons (Fsp3) is 0.400. The summed E-state index contributed by atoms with van der Waals surface area (Å²) < 4.78 is 4.90. The van der Waals surface area contributed by atoms with Gasteiger partial charge in [-0.2, -0.15) is 0 Å². The van der Waals surface area contributed by atoms with Crippen LogP contribution >= 0.6 is 0 Å². The maximum Gasteiger partial charge on any atom is 0.271 e. The van der Waals surface area contributed by atoms with Gasteiger partial charge in [-0.05, 0) is 13.0 Å². The van der Waals surface area contributed by atoms with Gasteiger partial charge in [0.15, 0.2) is 6.29 Å². The molecule has 0 spiro atoms. The maximum absolute atomic E-state index is 10.5. The summed E-state index contributed by atoms with van der Waals surface area (Å²) >= 11 is 0. The van der Waals surface area contributed by atoms with Crippen LogP contribution in [-0.4, -0.2) is 29.5 Å². The van der Waals surface area contributed by atoms with E-state index >= 15 is 0 Å². The van der Waals surface area contributed by atoms with Crippen LogP contribution in [0.4, 0.5) is 11.4 Å². The zero-order valence-electron chi connectivity index (χ0n) is 8.92. The molecule has 1 atom stereocenters. The molecule has 1 aromatic carbocycles. The van der Waals surface area contributed by atoms with Gasteiger partial charge in [-0.25, -0.2) is 0 Å². The van der Waals surface area contributed by atoms with Gasteiger partial charge in [0.1, 0.15) is 0 Å². The van der Waals surface area contributed by atoms with Crippen LogP contribution in [0, 0.1) is 10.1 Å². The number of hydrogen-bond acceptors (Lipinski definition) is 5. The molecule has 0 saturated carbocycles. The molecule has 0 heterocycles. The number of aliphatic hydroxyl groups is 1. The van der Waals surface area contributed by atoms with Crippen molar-refractivity contribution in [1.29, 1.82) is 0 Å². The quantitative estimate of drug-likeness (QED) is 0.434. The highest BCUT2D eigenvalue weighted by atomic mass is 16.6. The third-order valence-electron chi connectivity index (χ3n) is 1.90. The first-order valence-electron chi connectivity index (χ1n) is 4.91. The second kappa shape index (κ2) is 6.04. The van der Waals surface area contributed by atoms with Gasteiger partial charge in [-0.1, -0.05) is 6.07 Å². The van der Waals surface area contributed by atoms with Crippen molar-refractivity contribution in [1.82, 2.24) is 0 Å². The topological polar surface area (TPSA) is 84.6 Å². The molecule has 0 fully saturated rings. The number of ether oxygens (including phenoxy) is 1. The van der Waals surface area contributed by atoms with E-state index < -0.39 is 11.2 Å². The lowest BCUT2D eigenvalue weighted by molar-refractivity contribution is -0.384. The van der Waals surface area contributed by atoms with Gasteiger partial charge in [-0.15, -0.1) is 0 Å². The lowest BCUT2D eigenvalue weighted by Gasteiger charge is -2.12. The molecule has 6 nitrogen and oxygen atoms in total. The van der Waals surface area contributed by atoms with Crippen molar-refractivity contribution in [2.75, 3.05) is 18.5 Å². The Balaban J connectivity index is 2.54. The molecule has 0 aliphatic rings. The van der Waals surface area contributed by atoms with Crippen molar-refractivity contribution in [3.05, 3.63) is 34.4 Å². The van der Waals surface area contributed by atoms with Crippen LogP contribution in [-0.2, 0) is 4.74 Å². The van der Waals surface area contributed by atoms with Crippen LogP contribution in [0.25, 0.3) is 0 Å². The number of benzene rings is 1. The van der Waals surface area contributed by atoms with Gasteiger partial charge in [0.25, 0.3) is 5.69 Å². The normalized spacial score (nSPS) is 12.1. The Morgan fingerprint density at radius 3 is 3.00 bits per heavy atom. The molecule has 0 saturated heterocycles. The number of aliphatic hydroxyl groups excluding tert-OH is 1. The molecule has 0 bridgehead atoms. The molecular weight excluding hydrogens is 212 g/mol. The minimum absolute atomic E-state index is 0.0101. The molecule has 6 heteroatoms. The number of anilines is 1. The lowest BCUT2D eigenvalue weighted by atomic mass is 10.3. The number of nitro benzene ring substituents is 1. The van der Waals surface area contributed by atoms with E-state index in [1.807, 2.05) is 0 Å². The summed E-state index contributed by atoms with van der Waals surface area (Å²) in [6, 6.07) is 6.07. The van der Waals surface area contributed by atoms with Crippen molar-refractivity contribution in [2.45, 2.75) is 13.2 Å². The van der Waals surface area contributed by atoms with Crippen LogP contribution in [0.15, 0.2) is 24.3 Å². The molecule has 88 valence electrons. The fourth-order valence-corrected chi connectivity index (χ4v) is 1.19. The zero-order chi connectivity index (χ0) is 12.0. The summed E-state index contributed by atoms with van der Waals surface area (Å²) in [5.74, 6) is 0. The van der Waals surface area contributed by atoms with Gasteiger partial charge in [-0.3, -0.25) is 10.1 Å². The van der Waals surface area contributed by atoms with Crippen LogP contribution in [0.5, 0.6) is 0 Å². The fourth-order valence-electron chi connectivity index (χ4n) is 1.19. The van der Waals surface area contributed by atoms with E-state index in [1.165, 1.54) is 12.1 Å². The molecule has 1 rings (SSSR count). The van der Waals surface area contributed by atoms with Gasteiger partial charge in [0, 0.05) is 24.4 Å². The van der Waals surface area contributed by atoms with E-state index in [-0.39, 0.29) is 12.2 Å². The Morgan fingerprint density at radius 1 is 1.62 bits per heavy atom. The van der Waals surface area contributed by atoms with Gasteiger partial charge >= 0.3 is 0 Å². The standard InChI is InChI=1S/C10H14N2O4/c1-2-16-10(13)7-11-8-4-3-5-9(6-8)12(14)15/h3-6,10-11,13H,2,7H2,1H3. The van der Waals surface area contributed by atoms with E-state index in [4.69, 9.17) is 4.74 Å². The van der Waals surface area contributed by atoms with Gasteiger partial charge < -0.3 is 15.2 Å². The highest BCUT2D eigenvalue weighted by Crippen LogP contribution is 2.16. The third kappa shape index (κ3) is 3.84.